The molecule has 1 heteroatoms. The molecule has 21 heavy (non-hydrogen) atoms. The molecule has 1 rings (SSSR count). The molecule has 0 bridgehead atoms. The van der Waals surface area contributed by atoms with E-state index < -0.39 is 0 Å². The van der Waals surface area contributed by atoms with E-state index in [9.17, 15) is 0 Å². The van der Waals surface area contributed by atoms with Crippen LogP contribution in [-0.4, -0.2) is 0 Å². The summed E-state index contributed by atoms with van der Waals surface area (Å²) in [5, 5.41) is 0. The normalized spacial score (nSPS) is 12.6. The third-order valence-corrected chi connectivity index (χ3v) is 3.63. The maximum Gasteiger partial charge on any atom is 0.0934 e. The van der Waals surface area contributed by atoms with Gasteiger partial charge in [-0.05, 0) is 77.8 Å². The molecule has 0 N–H and O–H groups in total. The average Bonchev–Trinajstić information content (AvgIpc) is 2.91. The molecule has 0 atom stereocenters. The highest BCUT2D eigenvalue weighted by Gasteiger charge is 1.94. The predicted octanol–water partition coefficient (Wildman–Crippen LogP) is 6.63. The van der Waals surface area contributed by atoms with Crippen molar-refractivity contribution in [2.24, 2.45) is 0 Å². The predicted molar refractivity (Wildman–Crippen MR) is 92.4 cm³/mol. The van der Waals surface area contributed by atoms with E-state index in [0.717, 1.165) is 19.3 Å². The summed E-state index contributed by atoms with van der Waals surface area (Å²) in [4.78, 5) is 0. The van der Waals surface area contributed by atoms with Gasteiger partial charge >= 0.3 is 0 Å². The fourth-order valence-corrected chi connectivity index (χ4v) is 2.26. The fraction of sp³-hybridized carbons (Fsp3) is 0.500. The van der Waals surface area contributed by atoms with Crippen molar-refractivity contribution < 1.29 is 4.42 Å². The van der Waals surface area contributed by atoms with Crippen LogP contribution in [0.3, 0.4) is 0 Å². The van der Waals surface area contributed by atoms with Crippen molar-refractivity contribution in [2.75, 3.05) is 0 Å². The maximum absolute atomic E-state index is 5.08. The van der Waals surface area contributed by atoms with Crippen LogP contribution in [0.4, 0.5) is 0 Å². The summed E-state index contributed by atoms with van der Waals surface area (Å²) >= 11 is 0. The Hall–Kier alpha value is -1.50. The number of aryl methyl sites for hydroxylation is 1. The molecule has 0 radical (unpaired) electrons. The third kappa shape index (κ3) is 9.12. The van der Waals surface area contributed by atoms with Gasteiger partial charge in [0.05, 0.1) is 12.5 Å². The van der Waals surface area contributed by atoms with Crippen LogP contribution in [0.2, 0.25) is 0 Å². The lowest BCUT2D eigenvalue weighted by atomic mass is 10.1. The van der Waals surface area contributed by atoms with Gasteiger partial charge in [-0.25, -0.2) is 0 Å². The van der Waals surface area contributed by atoms with Gasteiger partial charge in [-0.2, -0.15) is 0 Å². The van der Waals surface area contributed by atoms with E-state index in [-0.39, 0.29) is 0 Å². The smallest absolute Gasteiger partial charge is 0.0934 e. The van der Waals surface area contributed by atoms with Crippen LogP contribution in [0.1, 0.15) is 65.4 Å². The first-order chi connectivity index (χ1) is 10.1. The highest BCUT2D eigenvalue weighted by atomic mass is 16.3. The molecule has 1 heterocycles. The number of hydrogen-bond acceptors (Lipinski definition) is 1. The summed E-state index contributed by atoms with van der Waals surface area (Å²) in [6.07, 6.45) is 17.5. The van der Waals surface area contributed by atoms with Crippen molar-refractivity contribution in [3.8, 4) is 0 Å². The maximum atomic E-state index is 5.08. The SMILES string of the molecule is CC(C)=CCC/C(C)=C/CC/C(C)=C/CCc1ccoc1. The van der Waals surface area contributed by atoms with Crippen LogP contribution in [0.15, 0.2) is 58.0 Å². The first kappa shape index (κ1) is 17.6. The quantitative estimate of drug-likeness (QED) is 0.464. The lowest BCUT2D eigenvalue weighted by molar-refractivity contribution is 0.564. The molecule has 0 aliphatic rings. The molecule has 0 amide bonds. The third-order valence-electron chi connectivity index (χ3n) is 3.63. The number of allylic oxidation sites excluding steroid dienone is 6. The zero-order valence-corrected chi connectivity index (χ0v) is 14.1. The second-order valence-corrected chi connectivity index (χ2v) is 6.13. The monoisotopic (exact) mass is 286 g/mol. The highest BCUT2D eigenvalue weighted by Crippen LogP contribution is 2.12. The zero-order valence-electron chi connectivity index (χ0n) is 14.1. The minimum Gasteiger partial charge on any atom is -0.472 e. The van der Waals surface area contributed by atoms with Crippen LogP contribution in [0.5, 0.6) is 0 Å². The molecule has 1 aromatic heterocycles. The van der Waals surface area contributed by atoms with E-state index in [2.05, 4.69) is 45.9 Å². The summed E-state index contributed by atoms with van der Waals surface area (Å²) < 4.78 is 5.08. The molecule has 0 saturated heterocycles. The van der Waals surface area contributed by atoms with E-state index in [4.69, 9.17) is 4.42 Å². The molecule has 0 unspecified atom stereocenters. The molecule has 0 saturated carbocycles. The largest absolute Gasteiger partial charge is 0.472 e. The van der Waals surface area contributed by atoms with E-state index >= 15 is 0 Å². The molecule has 1 aromatic rings. The minimum atomic E-state index is 1.07. The standard InChI is InChI=1S/C20H30O/c1-17(2)8-5-9-18(3)10-6-11-19(4)12-7-13-20-14-15-21-16-20/h8,10,12,14-16H,5-7,9,11,13H2,1-4H3/b18-10+,19-12+. The van der Waals surface area contributed by atoms with Crippen molar-refractivity contribution in [1.29, 1.82) is 0 Å². The lowest BCUT2D eigenvalue weighted by Gasteiger charge is -2.01. The Kier molecular flexibility index (Phi) is 8.57. The van der Waals surface area contributed by atoms with Crippen molar-refractivity contribution in [1.82, 2.24) is 0 Å². The fourth-order valence-electron chi connectivity index (χ4n) is 2.26. The van der Waals surface area contributed by atoms with Gasteiger partial charge in [0.1, 0.15) is 0 Å². The summed E-state index contributed by atoms with van der Waals surface area (Å²) in [5.41, 5.74) is 5.71. The van der Waals surface area contributed by atoms with Crippen molar-refractivity contribution in [2.45, 2.75) is 66.2 Å². The Balaban J connectivity index is 2.19. The molecule has 0 aliphatic heterocycles. The van der Waals surface area contributed by atoms with Gasteiger partial charge in [-0.15, -0.1) is 0 Å². The van der Waals surface area contributed by atoms with E-state index in [1.807, 2.05) is 12.3 Å². The molecule has 0 aliphatic carbocycles. The minimum absolute atomic E-state index is 1.07. The van der Waals surface area contributed by atoms with Crippen LogP contribution in [0.25, 0.3) is 0 Å². The summed E-state index contributed by atoms with van der Waals surface area (Å²) in [5.74, 6) is 0. The highest BCUT2D eigenvalue weighted by molar-refractivity contribution is 5.09. The molecule has 116 valence electrons. The van der Waals surface area contributed by atoms with Crippen LogP contribution in [0, 0.1) is 0 Å². The van der Waals surface area contributed by atoms with Gasteiger partial charge in [-0.1, -0.05) is 34.9 Å². The Labute approximate surface area is 130 Å². The van der Waals surface area contributed by atoms with Crippen molar-refractivity contribution >= 4 is 0 Å². The molecule has 0 fully saturated rings. The first-order valence-corrected chi connectivity index (χ1v) is 8.03. The summed E-state index contributed by atoms with van der Waals surface area (Å²) in [6, 6.07) is 2.04. The van der Waals surface area contributed by atoms with Gasteiger partial charge in [0.2, 0.25) is 0 Å². The molecule has 1 nitrogen and oxygen atoms in total. The van der Waals surface area contributed by atoms with Crippen LogP contribution < -0.4 is 0 Å². The van der Waals surface area contributed by atoms with Gasteiger partial charge in [0.25, 0.3) is 0 Å². The zero-order chi connectivity index (χ0) is 15.5. The number of rotatable bonds is 9. The second-order valence-electron chi connectivity index (χ2n) is 6.13. The summed E-state index contributed by atoms with van der Waals surface area (Å²) in [6.45, 7) is 8.81. The summed E-state index contributed by atoms with van der Waals surface area (Å²) in [7, 11) is 0. The van der Waals surface area contributed by atoms with E-state index in [1.165, 1.54) is 41.5 Å². The van der Waals surface area contributed by atoms with Gasteiger partial charge in [-0.3, -0.25) is 0 Å². The van der Waals surface area contributed by atoms with Crippen LogP contribution >= 0.6 is 0 Å². The Morgan fingerprint density at radius 3 is 2.10 bits per heavy atom. The van der Waals surface area contributed by atoms with Gasteiger partial charge < -0.3 is 4.42 Å². The van der Waals surface area contributed by atoms with Gasteiger partial charge in [0.15, 0.2) is 0 Å². The topological polar surface area (TPSA) is 13.1 Å². The number of furan rings is 1. The molecule has 0 aromatic carbocycles. The average molecular weight is 286 g/mol. The molecule has 0 spiro atoms. The Morgan fingerprint density at radius 2 is 1.52 bits per heavy atom. The Bertz CT molecular complexity index is 468. The number of hydrogen-bond donors (Lipinski definition) is 0. The van der Waals surface area contributed by atoms with Crippen molar-refractivity contribution in [3.05, 3.63) is 59.1 Å². The Morgan fingerprint density at radius 1 is 0.905 bits per heavy atom. The first-order valence-electron chi connectivity index (χ1n) is 8.03. The lowest BCUT2D eigenvalue weighted by Crippen LogP contribution is -1.83. The molecular weight excluding hydrogens is 256 g/mol. The van der Waals surface area contributed by atoms with Crippen LogP contribution in [-0.2, 0) is 6.42 Å². The molecular formula is C20H30O. The second kappa shape index (κ2) is 10.3. The van der Waals surface area contributed by atoms with E-state index in [1.54, 1.807) is 6.26 Å². The van der Waals surface area contributed by atoms with E-state index in [0.29, 0.717) is 0 Å². The van der Waals surface area contributed by atoms with Crippen molar-refractivity contribution in [3.63, 3.8) is 0 Å². The van der Waals surface area contributed by atoms with Gasteiger partial charge in [0, 0.05) is 0 Å².